The molecule has 1 aromatic carbocycles. The van der Waals surface area contributed by atoms with E-state index in [0.717, 1.165) is 24.0 Å². The van der Waals surface area contributed by atoms with Crippen LogP contribution in [-0.4, -0.2) is 47.2 Å². The highest BCUT2D eigenvalue weighted by Gasteiger charge is 2.40. The fraction of sp³-hybridized carbons (Fsp3) is 0.650. The normalized spacial score (nSPS) is 23.4. The molecule has 1 aromatic rings. The summed E-state index contributed by atoms with van der Waals surface area (Å²) in [6, 6.07) is 8.84. The second-order valence-corrected chi connectivity index (χ2v) is 8.79. The molecule has 0 spiro atoms. The van der Waals surface area contributed by atoms with Crippen LogP contribution in [0.1, 0.15) is 52.1 Å². The maximum Gasteiger partial charge on any atom is 0.410 e. The third kappa shape index (κ3) is 4.68. The van der Waals surface area contributed by atoms with Crippen LogP contribution in [-0.2, 0) is 4.74 Å². The van der Waals surface area contributed by atoms with Crippen molar-refractivity contribution in [1.29, 1.82) is 0 Å². The van der Waals surface area contributed by atoms with Crippen molar-refractivity contribution in [2.75, 3.05) is 19.6 Å². The number of amides is 1. The van der Waals surface area contributed by atoms with Gasteiger partial charge in [-0.3, -0.25) is 4.90 Å². The number of hydrogen-bond donors (Lipinski definition) is 0. The molecule has 1 saturated carbocycles. The van der Waals surface area contributed by atoms with E-state index in [9.17, 15) is 4.79 Å². The molecule has 0 radical (unpaired) electrons. The minimum atomic E-state index is -0.451. The number of carbonyl (C=O) groups excluding carboxylic acids is 1. The highest BCUT2D eigenvalue weighted by Crippen LogP contribution is 2.45. The van der Waals surface area contributed by atoms with Crippen LogP contribution in [0.2, 0.25) is 5.02 Å². The predicted molar refractivity (Wildman–Crippen MR) is 101 cm³/mol. The van der Waals surface area contributed by atoms with Crippen LogP contribution in [0.25, 0.3) is 0 Å². The van der Waals surface area contributed by atoms with E-state index < -0.39 is 5.60 Å². The lowest BCUT2D eigenvalue weighted by atomic mass is 9.98. The zero-order chi connectivity index (χ0) is 18.2. The number of nitrogens with zero attached hydrogens (tertiary/aromatic N) is 2. The van der Waals surface area contributed by atoms with Crippen molar-refractivity contribution in [3.8, 4) is 0 Å². The Hall–Kier alpha value is -1.26. The molecule has 1 amide bonds. The lowest BCUT2D eigenvalue weighted by molar-refractivity contribution is -0.00624. The van der Waals surface area contributed by atoms with Gasteiger partial charge < -0.3 is 9.64 Å². The van der Waals surface area contributed by atoms with Crippen molar-refractivity contribution in [2.45, 2.75) is 58.2 Å². The van der Waals surface area contributed by atoms with Gasteiger partial charge in [-0.25, -0.2) is 4.79 Å². The molecular formula is C20H29ClN2O2. The standard InChI is InChI=1S/C20H29ClN2O2/c1-14-13-22(11-12-23(14)19(24)25-20(2,3)4)18(15-5-6-15)16-7-9-17(21)10-8-16/h7-10,14-15,18H,5-6,11-13H2,1-4H3. The van der Waals surface area contributed by atoms with E-state index in [0.29, 0.717) is 12.6 Å². The van der Waals surface area contributed by atoms with Gasteiger partial charge in [0.25, 0.3) is 0 Å². The Balaban J connectivity index is 1.68. The minimum absolute atomic E-state index is 0.150. The van der Waals surface area contributed by atoms with Crippen LogP contribution < -0.4 is 0 Å². The van der Waals surface area contributed by atoms with Crippen LogP contribution in [0.4, 0.5) is 4.79 Å². The quantitative estimate of drug-likeness (QED) is 0.777. The number of hydrogen-bond acceptors (Lipinski definition) is 3. The molecule has 3 rings (SSSR count). The van der Waals surface area contributed by atoms with Crippen molar-refractivity contribution in [1.82, 2.24) is 9.80 Å². The number of ether oxygens (including phenoxy) is 1. The minimum Gasteiger partial charge on any atom is -0.444 e. The molecule has 1 saturated heterocycles. The first kappa shape index (κ1) is 18.5. The third-order valence-corrected chi connectivity index (χ3v) is 5.21. The molecule has 1 heterocycles. The molecule has 25 heavy (non-hydrogen) atoms. The average Bonchev–Trinajstić information content (AvgIpc) is 3.32. The van der Waals surface area contributed by atoms with E-state index in [4.69, 9.17) is 16.3 Å². The van der Waals surface area contributed by atoms with Crippen LogP contribution in [0, 0.1) is 5.92 Å². The first-order valence-electron chi connectivity index (χ1n) is 9.24. The van der Waals surface area contributed by atoms with Gasteiger partial charge in [0.05, 0.1) is 0 Å². The Labute approximate surface area is 156 Å². The maximum absolute atomic E-state index is 12.4. The van der Waals surface area contributed by atoms with Crippen LogP contribution in [0.5, 0.6) is 0 Å². The number of rotatable bonds is 3. The molecule has 1 aliphatic heterocycles. The Morgan fingerprint density at radius 3 is 2.36 bits per heavy atom. The zero-order valence-electron chi connectivity index (χ0n) is 15.7. The maximum atomic E-state index is 12.4. The fourth-order valence-corrected chi connectivity index (χ4v) is 3.81. The number of halogens is 1. The van der Waals surface area contributed by atoms with Crippen LogP contribution >= 0.6 is 11.6 Å². The van der Waals surface area contributed by atoms with Gasteiger partial charge in [0.2, 0.25) is 0 Å². The topological polar surface area (TPSA) is 32.8 Å². The van der Waals surface area contributed by atoms with Gasteiger partial charge in [0.1, 0.15) is 5.60 Å². The summed E-state index contributed by atoms with van der Waals surface area (Å²) < 4.78 is 5.55. The second kappa shape index (κ2) is 7.16. The van der Waals surface area contributed by atoms with Crippen LogP contribution in [0.3, 0.4) is 0 Å². The van der Waals surface area contributed by atoms with Crippen molar-refractivity contribution >= 4 is 17.7 Å². The molecule has 0 bridgehead atoms. The number of carbonyl (C=O) groups is 1. The zero-order valence-corrected chi connectivity index (χ0v) is 16.4. The Kier molecular flexibility index (Phi) is 5.31. The van der Waals surface area contributed by atoms with Crippen molar-refractivity contribution < 1.29 is 9.53 Å². The van der Waals surface area contributed by atoms with Gasteiger partial charge in [0, 0.05) is 36.7 Å². The summed E-state index contributed by atoms with van der Waals surface area (Å²) in [6.07, 6.45) is 2.37. The van der Waals surface area contributed by atoms with E-state index in [1.807, 2.05) is 37.8 Å². The van der Waals surface area contributed by atoms with Crippen molar-refractivity contribution in [3.05, 3.63) is 34.9 Å². The molecule has 0 aromatic heterocycles. The molecule has 138 valence electrons. The van der Waals surface area contributed by atoms with Crippen molar-refractivity contribution in [2.24, 2.45) is 5.92 Å². The molecule has 1 aliphatic carbocycles. The van der Waals surface area contributed by atoms with Crippen molar-refractivity contribution in [3.63, 3.8) is 0 Å². The highest BCUT2D eigenvalue weighted by molar-refractivity contribution is 6.30. The largest absolute Gasteiger partial charge is 0.444 e. The monoisotopic (exact) mass is 364 g/mol. The molecule has 4 nitrogen and oxygen atoms in total. The Morgan fingerprint density at radius 2 is 1.84 bits per heavy atom. The first-order valence-corrected chi connectivity index (χ1v) is 9.61. The van der Waals surface area contributed by atoms with Gasteiger partial charge in [-0.1, -0.05) is 23.7 Å². The Morgan fingerprint density at radius 1 is 1.20 bits per heavy atom. The number of piperazine rings is 1. The van der Waals surface area contributed by atoms with E-state index in [1.54, 1.807) is 0 Å². The molecule has 2 aliphatic rings. The summed E-state index contributed by atoms with van der Waals surface area (Å²) in [4.78, 5) is 16.8. The smallest absolute Gasteiger partial charge is 0.410 e. The lowest BCUT2D eigenvalue weighted by Gasteiger charge is -2.43. The van der Waals surface area contributed by atoms with Gasteiger partial charge in [-0.05, 0) is 64.2 Å². The lowest BCUT2D eigenvalue weighted by Crippen LogP contribution is -2.55. The van der Waals surface area contributed by atoms with Gasteiger partial charge >= 0.3 is 6.09 Å². The van der Waals surface area contributed by atoms with E-state index in [-0.39, 0.29) is 12.1 Å². The SMILES string of the molecule is CC1CN(C(c2ccc(Cl)cc2)C2CC2)CCN1C(=O)OC(C)(C)C. The molecule has 2 atom stereocenters. The summed E-state index contributed by atoms with van der Waals surface area (Å²) in [5, 5.41) is 0.779. The Bertz CT molecular complexity index is 607. The first-order chi connectivity index (χ1) is 11.7. The van der Waals surface area contributed by atoms with Crippen LogP contribution in [0.15, 0.2) is 24.3 Å². The van der Waals surface area contributed by atoms with Gasteiger partial charge in [-0.15, -0.1) is 0 Å². The van der Waals surface area contributed by atoms with Gasteiger partial charge in [0.15, 0.2) is 0 Å². The van der Waals surface area contributed by atoms with E-state index in [2.05, 4.69) is 24.0 Å². The highest BCUT2D eigenvalue weighted by atomic mass is 35.5. The predicted octanol–water partition coefficient (Wildman–Crippen LogP) is 4.73. The second-order valence-electron chi connectivity index (χ2n) is 8.35. The molecule has 2 fully saturated rings. The average molecular weight is 365 g/mol. The van der Waals surface area contributed by atoms with E-state index >= 15 is 0 Å². The molecular weight excluding hydrogens is 336 g/mol. The third-order valence-electron chi connectivity index (χ3n) is 4.96. The molecule has 2 unspecified atom stereocenters. The van der Waals surface area contributed by atoms with Gasteiger partial charge in [-0.2, -0.15) is 0 Å². The number of benzene rings is 1. The summed E-state index contributed by atoms with van der Waals surface area (Å²) in [6.45, 7) is 10.3. The summed E-state index contributed by atoms with van der Waals surface area (Å²) in [5.41, 5.74) is 0.887. The van der Waals surface area contributed by atoms with E-state index in [1.165, 1.54) is 18.4 Å². The summed E-state index contributed by atoms with van der Waals surface area (Å²) in [5.74, 6) is 0.724. The molecule has 5 heteroatoms. The summed E-state index contributed by atoms with van der Waals surface area (Å²) >= 11 is 6.06. The summed E-state index contributed by atoms with van der Waals surface area (Å²) in [7, 11) is 0. The molecule has 0 N–H and O–H groups in total. The fourth-order valence-electron chi connectivity index (χ4n) is 3.68.